The third-order valence-electron chi connectivity index (χ3n) is 4.67. The lowest BCUT2D eigenvalue weighted by molar-refractivity contribution is -0.139. The number of carbonyl (C=O) groups is 2. The van der Waals surface area contributed by atoms with Gasteiger partial charge in [0.05, 0.1) is 0 Å². The molecule has 0 bridgehead atoms. The third-order valence-corrected chi connectivity index (χ3v) is 4.67. The van der Waals surface area contributed by atoms with E-state index in [9.17, 15) is 9.59 Å². The van der Waals surface area contributed by atoms with Gasteiger partial charge in [0.1, 0.15) is 6.04 Å². The van der Waals surface area contributed by atoms with Gasteiger partial charge in [0, 0.05) is 12.5 Å². The topological polar surface area (TPSA) is 78.4 Å². The molecule has 2 aromatic carbocycles. The van der Waals surface area contributed by atoms with Crippen LogP contribution in [0.1, 0.15) is 31.7 Å². The summed E-state index contributed by atoms with van der Waals surface area (Å²) in [5.74, 6) is -0.887. The lowest BCUT2D eigenvalue weighted by Gasteiger charge is -2.14. The highest BCUT2D eigenvalue weighted by Crippen LogP contribution is 2.18. The van der Waals surface area contributed by atoms with Crippen LogP contribution in [0.5, 0.6) is 0 Å². The van der Waals surface area contributed by atoms with Gasteiger partial charge in [0.15, 0.2) is 0 Å². The van der Waals surface area contributed by atoms with Crippen molar-refractivity contribution in [1.29, 1.82) is 0 Å². The first-order valence-corrected chi connectivity index (χ1v) is 9.16. The van der Waals surface area contributed by atoms with Crippen LogP contribution in [-0.4, -0.2) is 36.6 Å². The van der Waals surface area contributed by atoms with E-state index in [1.165, 1.54) is 10.8 Å². The number of hydrogen-bond donors (Lipinski definition) is 3. The minimum absolute atomic E-state index is 0.0431. The number of aliphatic carboxylic acids is 1. The molecule has 0 aliphatic heterocycles. The molecule has 2 rings (SSSR count). The van der Waals surface area contributed by atoms with Crippen LogP contribution in [0.2, 0.25) is 0 Å². The number of amides is 1. The molecule has 0 spiro atoms. The zero-order valence-corrected chi connectivity index (χ0v) is 15.5. The molecule has 0 radical (unpaired) electrons. The van der Waals surface area contributed by atoms with Crippen molar-refractivity contribution < 1.29 is 14.7 Å². The number of carbonyl (C=O) groups excluding carboxylic acids is 1. The van der Waals surface area contributed by atoms with Crippen molar-refractivity contribution in [1.82, 2.24) is 10.6 Å². The lowest BCUT2D eigenvalue weighted by Crippen LogP contribution is -2.34. The van der Waals surface area contributed by atoms with Crippen molar-refractivity contribution >= 4 is 22.6 Å². The van der Waals surface area contributed by atoms with Crippen molar-refractivity contribution in [3.63, 3.8) is 0 Å². The smallest absolute Gasteiger partial charge is 0.320 e. The quantitative estimate of drug-likeness (QED) is 0.572. The Balaban J connectivity index is 1.74. The number of nitrogens with one attached hydrogen (secondary N) is 2. The number of carboxylic acids is 1. The normalized spacial score (nSPS) is 13.3. The number of unbranched alkanes of at least 4 members (excludes halogenated alkanes) is 1. The summed E-state index contributed by atoms with van der Waals surface area (Å²) in [5.41, 5.74) is 1.16. The lowest BCUT2D eigenvalue weighted by atomic mass is 9.98. The van der Waals surface area contributed by atoms with Crippen molar-refractivity contribution in [2.24, 2.45) is 5.92 Å². The number of carboxylic acid groups (broad SMARTS) is 1. The van der Waals surface area contributed by atoms with Gasteiger partial charge in [-0.25, -0.2) is 0 Å². The fraction of sp³-hybridized carbons (Fsp3) is 0.429. The van der Waals surface area contributed by atoms with Crippen LogP contribution in [-0.2, 0) is 16.0 Å². The van der Waals surface area contributed by atoms with Crippen molar-refractivity contribution in [2.45, 2.75) is 38.6 Å². The molecule has 0 aromatic heterocycles. The second-order valence-electron chi connectivity index (χ2n) is 6.75. The van der Waals surface area contributed by atoms with Gasteiger partial charge < -0.3 is 15.7 Å². The Hall–Kier alpha value is -2.40. The number of hydrogen-bond acceptors (Lipinski definition) is 3. The molecule has 0 unspecified atom stereocenters. The first-order valence-electron chi connectivity index (χ1n) is 9.16. The van der Waals surface area contributed by atoms with Crippen LogP contribution in [0.25, 0.3) is 10.8 Å². The first kappa shape index (κ1) is 19.9. The molecule has 3 N–H and O–H groups in total. The summed E-state index contributed by atoms with van der Waals surface area (Å²) in [6.07, 6.45) is 2.81. The molecule has 5 nitrogen and oxygen atoms in total. The van der Waals surface area contributed by atoms with Crippen LogP contribution in [0.3, 0.4) is 0 Å². The molecule has 140 valence electrons. The monoisotopic (exact) mass is 356 g/mol. The molecule has 0 aliphatic rings. The molecule has 0 aliphatic carbocycles. The highest BCUT2D eigenvalue weighted by atomic mass is 16.4. The SMILES string of the molecule is CN[C@@H](CCCCNC(=O)[C@@H](C)Cc1ccc2ccccc2c1)C(=O)O. The Bertz CT molecular complexity index is 745. The average molecular weight is 356 g/mol. The highest BCUT2D eigenvalue weighted by Gasteiger charge is 2.15. The van der Waals surface area contributed by atoms with Crippen LogP contribution < -0.4 is 10.6 Å². The number of rotatable bonds is 10. The van der Waals surface area contributed by atoms with Gasteiger partial charge in [-0.1, -0.05) is 49.4 Å². The summed E-state index contributed by atoms with van der Waals surface area (Å²) < 4.78 is 0. The third kappa shape index (κ3) is 5.85. The molecule has 26 heavy (non-hydrogen) atoms. The van der Waals surface area contributed by atoms with Crippen molar-refractivity contribution in [2.75, 3.05) is 13.6 Å². The van der Waals surface area contributed by atoms with Gasteiger partial charge in [0.2, 0.25) is 5.91 Å². The molecule has 1 amide bonds. The molecule has 5 heteroatoms. The molecule has 2 aromatic rings. The Morgan fingerprint density at radius 1 is 1.08 bits per heavy atom. The summed E-state index contributed by atoms with van der Waals surface area (Å²) in [5, 5.41) is 17.1. The van der Waals surface area contributed by atoms with E-state index in [4.69, 9.17) is 5.11 Å². The summed E-state index contributed by atoms with van der Waals surface area (Å²) in [6.45, 7) is 2.52. The second-order valence-corrected chi connectivity index (χ2v) is 6.75. The molecule has 0 saturated heterocycles. The molecule has 0 heterocycles. The number of fused-ring (bicyclic) bond motifs is 1. The van der Waals surface area contributed by atoms with E-state index in [-0.39, 0.29) is 11.8 Å². The van der Waals surface area contributed by atoms with E-state index in [1.54, 1.807) is 7.05 Å². The average Bonchev–Trinajstić information content (AvgIpc) is 2.64. The molecule has 0 saturated carbocycles. The Morgan fingerprint density at radius 2 is 1.81 bits per heavy atom. The Labute approximate surface area is 154 Å². The van der Waals surface area contributed by atoms with Gasteiger partial charge in [-0.3, -0.25) is 9.59 Å². The van der Waals surface area contributed by atoms with E-state index in [2.05, 4.69) is 41.0 Å². The maximum atomic E-state index is 12.3. The molecule has 0 fully saturated rings. The van der Waals surface area contributed by atoms with Gasteiger partial charge in [-0.05, 0) is 49.1 Å². The fourth-order valence-electron chi connectivity index (χ4n) is 3.06. The summed E-state index contributed by atoms with van der Waals surface area (Å²) >= 11 is 0. The van der Waals surface area contributed by atoms with Crippen LogP contribution in [0.15, 0.2) is 42.5 Å². The maximum absolute atomic E-state index is 12.3. The summed E-state index contributed by atoms with van der Waals surface area (Å²) in [4.78, 5) is 23.2. The summed E-state index contributed by atoms with van der Waals surface area (Å²) in [6, 6.07) is 14.0. The summed E-state index contributed by atoms with van der Waals surface area (Å²) in [7, 11) is 1.65. The predicted molar refractivity (Wildman–Crippen MR) is 104 cm³/mol. The van der Waals surface area contributed by atoms with Gasteiger partial charge >= 0.3 is 5.97 Å². The van der Waals surface area contributed by atoms with Gasteiger partial charge in [-0.15, -0.1) is 0 Å². The molecular weight excluding hydrogens is 328 g/mol. The maximum Gasteiger partial charge on any atom is 0.320 e. The van der Waals surface area contributed by atoms with E-state index in [0.29, 0.717) is 19.4 Å². The number of likely N-dealkylation sites (N-methyl/N-ethyl adjacent to an activating group) is 1. The molecular formula is C21H28N2O3. The van der Waals surface area contributed by atoms with Crippen LogP contribution in [0, 0.1) is 5.92 Å². The Kier molecular flexibility index (Phi) is 7.60. The minimum Gasteiger partial charge on any atom is -0.480 e. The van der Waals surface area contributed by atoms with E-state index < -0.39 is 12.0 Å². The van der Waals surface area contributed by atoms with Crippen molar-refractivity contribution in [3.8, 4) is 0 Å². The number of benzene rings is 2. The van der Waals surface area contributed by atoms with E-state index >= 15 is 0 Å². The predicted octanol–water partition coefficient (Wildman–Crippen LogP) is 2.98. The minimum atomic E-state index is -0.833. The van der Waals surface area contributed by atoms with Gasteiger partial charge in [0.25, 0.3) is 0 Å². The zero-order chi connectivity index (χ0) is 18.9. The fourth-order valence-corrected chi connectivity index (χ4v) is 3.06. The molecule has 2 atom stereocenters. The van der Waals surface area contributed by atoms with Crippen LogP contribution in [0.4, 0.5) is 0 Å². The first-order chi connectivity index (χ1) is 12.5. The Morgan fingerprint density at radius 3 is 2.50 bits per heavy atom. The standard InChI is InChI=1S/C21H28N2O3/c1-15(13-16-10-11-17-7-3-4-8-18(17)14-16)20(24)23-12-6-5-9-19(22-2)21(25)26/h3-4,7-8,10-11,14-15,19,22H,5-6,9,12-13H2,1-2H3,(H,23,24)(H,25,26)/t15-,19-/m0/s1. The van der Waals surface area contributed by atoms with Crippen LogP contribution >= 0.6 is 0 Å². The van der Waals surface area contributed by atoms with E-state index in [0.717, 1.165) is 18.4 Å². The van der Waals surface area contributed by atoms with Crippen molar-refractivity contribution in [3.05, 3.63) is 48.0 Å². The largest absolute Gasteiger partial charge is 0.480 e. The van der Waals surface area contributed by atoms with Gasteiger partial charge in [-0.2, -0.15) is 0 Å². The highest BCUT2D eigenvalue weighted by molar-refractivity contribution is 5.83. The second kappa shape index (κ2) is 9.92. The zero-order valence-electron chi connectivity index (χ0n) is 15.5. The van der Waals surface area contributed by atoms with E-state index in [1.807, 2.05) is 19.1 Å².